The number of aromatic hydroxyl groups is 1. The van der Waals surface area contributed by atoms with Gasteiger partial charge in [0.05, 0.1) is 13.2 Å². The Balaban J connectivity index is 0. The van der Waals surface area contributed by atoms with Gasteiger partial charge < -0.3 is 14.6 Å². The fourth-order valence-electron chi connectivity index (χ4n) is 1.23. The lowest BCUT2D eigenvalue weighted by Gasteiger charge is -1.94. The Morgan fingerprint density at radius 3 is 2.19 bits per heavy atom. The second-order valence-electron chi connectivity index (χ2n) is 3.73. The molecule has 1 aromatic rings. The Kier molecular flexibility index (Phi) is 15.1. The standard InChI is InChI=1S/C6H4F2O.C5H10O.C2H4O2.C2H6/c7-4-2-1-3-5(9)6(4)8;1-5-3-2-4-6-5;1-4-2-3;1-2/h1-3,9H;5H,2-4H2,1H3;2H,1H3;1-2H3. The summed E-state index contributed by atoms with van der Waals surface area (Å²) in [5.74, 6) is -2.89. The number of methoxy groups -OCH3 is 1. The molecule has 1 aliphatic heterocycles. The zero-order valence-corrected chi connectivity index (χ0v) is 12.9. The predicted octanol–water partition coefficient (Wildman–Crippen LogP) is 3.67. The van der Waals surface area contributed by atoms with E-state index in [-0.39, 0.29) is 0 Å². The van der Waals surface area contributed by atoms with Crippen LogP contribution in [0.5, 0.6) is 5.75 Å². The molecule has 21 heavy (non-hydrogen) atoms. The monoisotopic (exact) mass is 306 g/mol. The van der Waals surface area contributed by atoms with Crippen molar-refractivity contribution >= 4 is 6.47 Å². The van der Waals surface area contributed by atoms with E-state index in [1.807, 2.05) is 13.8 Å². The largest absolute Gasteiger partial charge is 0.505 e. The molecule has 2 rings (SSSR count). The van der Waals surface area contributed by atoms with Gasteiger partial charge >= 0.3 is 0 Å². The third-order valence-electron chi connectivity index (χ3n) is 2.18. The van der Waals surface area contributed by atoms with E-state index in [0.29, 0.717) is 12.6 Å². The van der Waals surface area contributed by atoms with Gasteiger partial charge in [0.1, 0.15) is 0 Å². The summed E-state index contributed by atoms with van der Waals surface area (Å²) in [5.41, 5.74) is 0. The minimum Gasteiger partial charge on any atom is -0.505 e. The molecular formula is C15H24F2O4. The lowest BCUT2D eigenvalue weighted by Crippen LogP contribution is -1.94. The molecule has 1 unspecified atom stereocenters. The molecule has 1 heterocycles. The van der Waals surface area contributed by atoms with Gasteiger partial charge in [-0.25, -0.2) is 4.39 Å². The first-order valence-corrected chi connectivity index (χ1v) is 6.74. The topological polar surface area (TPSA) is 55.8 Å². The summed E-state index contributed by atoms with van der Waals surface area (Å²) >= 11 is 0. The minimum atomic E-state index is -1.20. The molecule has 1 atom stereocenters. The van der Waals surface area contributed by atoms with Crippen molar-refractivity contribution in [2.24, 2.45) is 0 Å². The van der Waals surface area contributed by atoms with Crippen LogP contribution in [0.25, 0.3) is 0 Å². The van der Waals surface area contributed by atoms with Crippen LogP contribution < -0.4 is 0 Å². The maximum absolute atomic E-state index is 12.1. The molecule has 0 bridgehead atoms. The lowest BCUT2D eigenvalue weighted by molar-refractivity contribution is -0.126. The normalized spacial score (nSPS) is 15.2. The van der Waals surface area contributed by atoms with Crippen LogP contribution in [-0.2, 0) is 14.3 Å². The van der Waals surface area contributed by atoms with Crippen molar-refractivity contribution in [3.8, 4) is 5.75 Å². The molecule has 1 N–H and O–H groups in total. The van der Waals surface area contributed by atoms with E-state index in [1.54, 1.807) is 0 Å². The highest BCUT2D eigenvalue weighted by atomic mass is 19.2. The smallest absolute Gasteiger partial charge is 0.292 e. The molecule has 0 spiro atoms. The SMILES string of the molecule is CC.CC1CCCO1.COC=O.Oc1cccc(F)c1F. The fourth-order valence-corrected chi connectivity index (χ4v) is 1.23. The molecule has 122 valence electrons. The molecule has 1 fully saturated rings. The Hall–Kier alpha value is -1.69. The van der Waals surface area contributed by atoms with Crippen molar-refractivity contribution in [1.29, 1.82) is 0 Å². The maximum Gasteiger partial charge on any atom is 0.292 e. The molecule has 1 aliphatic rings. The van der Waals surface area contributed by atoms with Gasteiger partial charge in [0.25, 0.3) is 6.47 Å². The highest BCUT2D eigenvalue weighted by molar-refractivity contribution is 5.36. The number of halogens is 2. The van der Waals surface area contributed by atoms with Crippen LogP contribution in [-0.4, -0.2) is 31.4 Å². The van der Waals surface area contributed by atoms with Gasteiger partial charge in [-0.1, -0.05) is 19.9 Å². The van der Waals surface area contributed by atoms with Gasteiger partial charge in [-0.3, -0.25) is 4.79 Å². The highest BCUT2D eigenvalue weighted by Crippen LogP contribution is 2.16. The fraction of sp³-hybridized carbons (Fsp3) is 0.533. The summed E-state index contributed by atoms with van der Waals surface area (Å²) in [7, 11) is 1.31. The second kappa shape index (κ2) is 14.7. The van der Waals surface area contributed by atoms with Crippen LogP contribution in [0.4, 0.5) is 8.78 Å². The number of benzene rings is 1. The second-order valence-corrected chi connectivity index (χ2v) is 3.73. The Morgan fingerprint density at radius 2 is 1.95 bits per heavy atom. The first-order valence-electron chi connectivity index (χ1n) is 6.74. The number of carbonyl (C=O) groups is 1. The van der Waals surface area contributed by atoms with E-state index in [2.05, 4.69) is 11.7 Å². The van der Waals surface area contributed by atoms with E-state index in [4.69, 9.17) is 14.6 Å². The zero-order valence-electron chi connectivity index (χ0n) is 12.9. The number of hydrogen-bond acceptors (Lipinski definition) is 4. The van der Waals surface area contributed by atoms with Gasteiger partial charge in [0.15, 0.2) is 17.4 Å². The third-order valence-corrected chi connectivity index (χ3v) is 2.18. The summed E-state index contributed by atoms with van der Waals surface area (Å²) in [6, 6.07) is 3.25. The molecule has 1 aromatic carbocycles. The Labute approximate surface area is 124 Å². The molecule has 0 saturated carbocycles. The number of ether oxygens (including phenoxy) is 2. The first kappa shape index (κ1) is 21.6. The first-order chi connectivity index (χ1) is 10.0. The van der Waals surface area contributed by atoms with Gasteiger partial charge in [-0.15, -0.1) is 0 Å². The van der Waals surface area contributed by atoms with E-state index < -0.39 is 17.4 Å². The quantitative estimate of drug-likeness (QED) is 0.804. The summed E-state index contributed by atoms with van der Waals surface area (Å²) in [4.78, 5) is 8.95. The van der Waals surface area contributed by atoms with Gasteiger partial charge in [0, 0.05) is 6.61 Å². The van der Waals surface area contributed by atoms with Crippen LogP contribution in [0.1, 0.15) is 33.6 Å². The van der Waals surface area contributed by atoms with Crippen LogP contribution in [0.3, 0.4) is 0 Å². The molecule has 1 saturated heterocycles. The van der Waals surface area contributed by atoms with Crippen LogP contribution in [0.15, 0.2) is 18.2 Å². The number of carbonyl (C=O) groups excluding carboxylic acids is 1. The van der Waals surface area contributed by atoms with E-state index in [9.17, 15) is 8.78 Å². The van der Waals surface area contributed by atoms with Crippen molar-refractivity contribution in [2.75, 3.05) is 13.7 Å². The van der Waals surface area contributed by atoms with Crippen molar-refractivity contribution in [2.45, 2.75) is 39.7 Å². The molecule has 0 radical (unpaired) electrons. The van der Waals surface area contributed by atoms with E-state index in [1.165, 1.54) is 26.0 Å². The average molecular weight is 306 g/mol. The van der Waals surface area contributed by atoms with Gasteiger partial charge in [-0.2, -0.15) is 4.39 Å². The van der Waals surface area contributed by atoms with Crippen molar-refractivity contribution < 1.29 is 28.2 Å². The van der Waals surface area contributed by atoms with Crippen molar-refractivity contribution in [3.05, 3.63) is 29.8 Å². The van der Waals surface area contributed by atoms with Crippen LogP contribution >= 0.6 is 0 Å². The Bertz CT molecular complexity index is 346. The van der Waals surface area contributed by atoms with Gasteiger partial charge in [-0.05, 0) is 31.9 Å². The van der Waals surface area contributed by atoms with Crippen LogP contribution in [0.2, 0.25) is 0 Å². The molecule has 6 heteroatoms. The molecule has 0 amide bonds. The minimum absolute atomic E-state index is 0.375. The maximum atomic E-state index is 12.1. The Morgan fingerprint density at radius 1 is 1.38 bits per heavy atom. The zero-order chi connectivity index (χ0) is 16.7. The number of phenolic OH excluding ortho intramolecular Hbond substituents is 1. The lowest BCUT2D eigenvalue weighted by atomic mass is 10.3. The highest BCUT2D eigenvalue weighted by Gasteiger charge is 2.07. The van der Waals surface area contributed by atoms with Crippen molar-refractivity contribution in [1.82, 2.24) is 0 Å². The number of rotatable bonds is 1. The third kappa shape index (κ3) is 11.8. The summed E-state index contributed by atoms with van der Waals surface area (Å²) in [5, 5.41) is 8.49. The molecule has 0 aliphatic carbocycles. The molecular weight excluding hydrogens is 282 g/mol. The van der Waals surface area contributed by atoms with Gasteiger partial charge in [0.2, 0.25) is 0 Å². The molecule has 0 aromatic heterocycles. The average Bonchev–Trinajstić information content (AvgIpc) is 2.99. The van der Waals surface area contributed by atoms with E-state index >= 15 is 0 Å². The van der Waals surface area contributed by atoms with E-state index in [0.717, 1.165) is 18.7 Å². The molecule has 4 nitrogen and oxygen atoms in total. The number of phenols is 1. The summed E-state index contributed by atoms with van der Waals surface area (Å²) < 4.78 is 33.2. The van der Waals surface area contributed by atoms with Crippen molar-refractivity contribution in [3.63, 3.8) is 0 Å². The van der Waals surface area contributed by atoms with Crippen LogP contribution in [0, 0.1) is 11.6 Å². The summed E-state index contributed by atoms with van der Waals surface area (Å²) in [6.45, 7) is 7.48. The summed E-state index contributed by atoms with van der Waals surface area (Å²) in [6.07, 6.45) is 3.08. The number of hydrogen-bond donors (Lipinski definition) is 1. The predicted molar refractivity (Wildman–Crippen MR) is 77.1 cm³/mol.